The molecule has 0 aliphatic rings. The Morgan fingerprint density at radius 3 is 2.08 bits per heavy atom. The van der Waals surface area contributed by atoms with Gasteiger partial charge >= 0.3 is 0 Å². The Morgan fingerprint density at radius 2 is 1.50 bits per heavy atom. The number of carboxylic acids is 1. The number of hydrogen-bond donors (Lipinski definition) is 0. The second-order valence-electron chi connectivity index (χ2n) is 5.40. The topological polar surface area (TPSA) is 56.9 Å². The van der Waals surface area contributed by atoms with Crippen LogP contribution >= 0.6 is 0 Å². The fourth-order valence-corrected chi connectivity index (χ4v) is 2.31. The third kappa shape index (κ3) is 4.14. The van der Waals surface area contributed by atoms with Gasteiger partial charge in [0.15, 0.2) is 18.9 Å². The molecule has 0 saturated heterocycles. The summed E-state index contributed by atoms with van der Waals surface area (Å²) in [6.07, 6.45) is 11.6. The van der Waals surface area contributed by atoms with E-state index >= 15 is 0 Å². The number of carboxylic acid groups (broad SMARTS) is 1. The monoisotopic (exact) mass is 316 g/mol. The summed E-state index contributed by atoms with van der Waals surface area (Å²) < 4.78 is 2.04. The lowest BCUT2D eigenvalue weighted by atomic mass is 10.1. The van der Waals surface area contributed by atoms with Crippen molar-refractivity contribution in [1.29, 1.82) is 0 Å². The zero-order valence-electron chi connectivity index (χ0n) is 13.0. The number of aromatic nitrogens is 2. The molecule has 0 bridgehead atoms. The minimum absolute atomic E-state index is 0.195. The van der Waals surface area contributed by atoms with Gasteiger partial charge in [-0.1, -0.05) is 36.4 Å². The molecule has 0 fully saturated rings. The first-order valence-corrected chi connectivity index (χ1v) is 7.58. The quantitative estimate of drug-likeness (QED) is 0.676. The minimum atomic E-state index is -1.15. The molecule has 2 heterocycles. The van der Waals surface area contributed by atoms with Crippen LogP contribution < -0.4 is 9.67 Å². The van der Waals surface area contributed by atoms with Gasteiger partial charge in [0.05, 0.1) is 5.97 Å². The highest BCUT2D eigenvalue weighted by Crippen LogP contribution is 2.07. The van der Waals surface area contributed by atoms with Crippen LogP contribution in [0.4, 0.5) is 0 Å². The molecule has 0 radical (unpaired) electrons. The summed E-state index contributed by atoms with van der Waals surface area (Å²) in [5.41, 5.74) is 3.44. The molecule has 4 heteroatoms. The lowest BCUT2D eigenvalue weighted by molar-refractivity contribution is -0.688. The van der Waals surface area contributed by atoms with Crippen molar-refractivity contribution in [3.63, 3.8) is 0 Å². The number of rotatable bonds is 5. The molecule has 3 aromatic rings. The van der Waals surface area contributed by atoms with Crippen LogP contribution in [-0.4, -0.2) is 11.0 Å². The van der Waals surface area contributed by atoms with Gasteiger partial charge in [-0.15, -0.1) is 0 Å². The summed E-state index contributed by atoms with van der Waals surface area (Å²) in [5, 5.41) is 10.7. The van der Waals surface area contributed by atoms with E-state index in [9.17, 15) is 9.90 Å². The molecular weight excluding hydrogens is 300 g/mol. The molecule has 0 atom stereocenters. The second-order valence-corrected chi connectivity index (χ2v) is 5.40. The molecular formula is C20H16N2O2. The smallest absolute Gasteiger partial charge is 0.173 e. The molecule has 0 saturated carbocycles. The lowest BCUT2D eigenvalue weighted by Gasteiger charge is -2.03. The van der Waals surface area contributed by atoms with Crippen molar-refractivity contribution >= 4 is 18.1 Å². The Bertz CT molecular complexity index is 839. The average Bonchev–Trinajstić information content (AvgIpc) is 2.62. The summed E-state index contributed by atoms with van der Waals surface area (Å²) >= 11 is 0. The summed E-state index contributed by atoms with van der Waals surface area (Å²) in [7, 11) is 0. The van der Waals surface area contributed by atoms with Crippen molar-refractivity contribution in [2.75, 3.05) is 0 Å². The fraction of sp³-hybridized carbons (Fsp3) is 0.0500. The van der Waals surface area contributed by atoms with E-state index in [0.29, 0.717) is 6.54 Å². The van der Waals surface area contributed by atoms with Crippen LogP contribution in [0, 0.1) is 0 Å². The van der Waals surface area contributed by atoms with E-state index in [1.165, 1.54) is 0 Å². The number of carbonyl (C=O) groups is 1. The lowest BCUT2D eigenvalue weighted by Crippen LogP contribution is -2.33. The normalized spacial score (nSPS) is 10.8. The Balaban J connectivity index is 1.66. The molecule has 0 N–H and O–H groups in total. The van der Waals surface area contributed by atoms with Crippen LogP contribution in [0.25, 0.3) is 12.2 Å². The van der Waals surface area contributed by atoms with E-state index in [1.807, 2.05) is 53.4 Å². The van der Waals surface area contributed by atoms with Crippen LogP contribution in [0.3, 0.4) is 0 Å². The predicted molar refractivity (Wildman–Crippen MR) is 89.7 cm³/mol. The Hall–Kier alpha value is -3.27. The zero-order valence-corrected chi connectivity index (χ0v) is 13.0. The standard InChI is InChI=1S/C20H16N2O2/c23-20(24)19-5-3-18(4-6-19)15-22-13-9-17(10-14-22)2-1-16-7-11-21-12-8-16/h1-14H,15H2/b2-1+. The summed E-state index contributed by atoms with van der Waals surface area (Å²) in [6.45, 7) is 0.682. The first-order chi connectivity index (χ1) is 11.7. The molecule has 4 nitrogen and oxygen atoms in total. The third-order valence-corrected chi connectivity index (χ3v) is 3.65. The molecule has 0 aliphatic heterocycles. The van der Waals surface area contributed by atoms with Gasteiger partial charge in [0, 0.05) is 30.1 Å². The van der Waals surface area contributed by atoms with Crippen LogP contribution in [0.5, 0.6) is 0 Å². The van der Waals surface area contributed by atoms with Crippen molar-refractivity contribution in [2.45, 2.75) is 6.54 Å². The van der Waals surface area contributed by atoms with E-state index in [1.54, 1.807) is 36.7 Å². The number of hydrogen-bond acceptors (Lipinski definition) is 3. The highest BCUT2D eigenvalue weighted by Gasteiger charge is 2.03. The first kappa shape index (κ1) is 15.6. The van der Waals surface area contributed by atoms with Gasteiger partial charge in [0.25, 0.3) is 0 Å². The molecule has 0 spiro atoms. The van der Waals surface area contributed by atoms with Crippen LogP contribution in [-0.2, 0) is 6.54 Å². The predicted octanol–water partition coefficient (Wildman–Crippen LogP) is 1.95. The van der Waals surface area contributed by atoms with Gasteiger partial charge in [-0.3, -0.25) is 4.98 Å². The van der Waals surface area contributed by atoms with Crippen molar-refractivity contribution in [1.82, 2.24) is 4.98 Å². The maximum absolute atomic E-state index is 10.7. The number of nitrogens with zero attached hydrogens (tertiary/aromatic N) is 2. The molecule has 0 aliphatic carbocycles. The SMILES string of the molecule is O=C([O-])c1ccc(C[n+]2ccc(/C=C/c3ccncc3)cc2)cc1. The van der Waals surface area contributed by atoms with E-state index in [-0.39, 0.29) is 5.56 Å². The Labute approximate surface area is 140 Å². The third-order valence-electron chi connectivity index (χ3n) is 3.65. The highest BCUT2D eigenvalue weighted by atomic mass is 16.4. The Kier molecular flexibility index (Phi) is 4.77. The van der Waals surface area contributed by atoms with Gasteiger partial charge in [0.1, 0.15) is 0 Å². The minimum Gasteiger partial charge on any atom is -0.545 e. The van der Waals surface area contributed by atoms with Gasteiger partial charge in [0.2, 0.25) is 0 Å². The molecule has 0 amide bonds. The van der Waals surface area contributed by atoms with Crippen LogP contribution in [0.2, 0.25) is 0 Å². The number of carbonyl (C=O) groups excluding carboxylic acids is 1. The molecule has 1 aromatic carbocycles. The largest absolute Gasteiger partial charge is 0.545 e. The van der Waals surface area contributed by atoms with E-state index < -0.39 is 5.97 Å². The summed E-state index contributed by atoms with van der Waals surface area (Å²) in [4.78, 5) is 14.7. The van der Waals surface area contributed by atoms with E-state index in [4.69, 9.17) is 0 Å². The van der Waals surface area contributed by atoms with Crippen molar-refractivity contribution in [3.05, 3.63) is 95.6 Å². The van der Waals surface area contributed by atoms with Gasteiger partial charge in [-0.2, -0.15) is 0 Å². The maximum atomic E-state index is 10.7. The molecule has 2 aromatic heterocycles. The van der Waals surface area contributed by atoms with Crippen LogP contribution in [0.15, 0.2) is 73.3 Å². The van der Waals surface area contributed by atoms with Gasteiger partial charge in [-0.05, 0) is 28.8 Å². The van der Waals surface area contributed by atoms with E-state index in [0.717, 1.165) is 16.7 Å². The highest BCUT2D eigenvalue weighted by molar-refractivity contribution is 5.85. The first-order valence-electron chi connectivity index (χ1n) is 7.58. The molecule has 3 rings (SSSR count). The number of aromatic carboxylic acids is 1. The van der Waals surface area contributed by atoms with Crippen molar-refractivity contribution < 1.29 is 14.5 Å². The molecule has 24 heavy (non-hydrogen) atoms. The van der Waals surface area contributed by atoms with E-state index in [2.05, 4.69) is 4.98 Å². The zero-order chi connectivity index (χ0) is 16.8. The van der Waals surface area contributed by atoms with Gasteiger partial charge < -0.3 is 9.90 Å². The Morgan fingerprint density at radius 1 is 0.917 bits per heavy atom. The second kappa shape index (κ2) is 7.33. The number of benzene rings is 1. The van der Waals surface area contributed by atoms with Crippen molar-refractivity contribution in [3.8, 4) is 0 Å². The van der Waals surface area contributed by atoms with Gasteiger partial charge in [-0.25, -0.2) is 4.57 Å². The summed E-state index contributed by atoms with van der Waals surface area (Å²) in [6, 6.07) is 14.7. The van der Waals surface area contributed by atoms with Crippen LogP contribution in [0.1, 0.15) is 27.0 Å². The summed E-state index contributed by atoms with van der Waals surface area (Å²) in [5.74, 6) is -1.15. The average molecular weight is 316 g/mol. The molecule has 0 unspecified atom stereocenters. The fourth-order valence-electron chi connectivity index (χ4n) is 2.31. The maximum Gasteiger partial charge on any atom is 0.173 e. The molecule has 118 valence electrons. The van der Waals surface area contributed by atoms with Crippen molar-refractivity contribution in [2.24, 2.45) is 0 Å². The number of pyridine rings is 2.